The molecule has 2 aromatic heterocycles. The minimum atomic E-state index is -0.836. The molecule has 0 aliphatic rings. The lowest BCUT2D eigenvalue weighted by atomic mass is 10.2. The van der Waals surface area contributed by atoms with E-state index in [1.54, 1.807) is 38.1 Å². The fourth-order valence-electron chi connectivity index (χ4n) is 2.41. The lowest BCUT2D eigenvalue weighted by Crippen LogP contribution is -2.44. The Balaban J connectivity index is 1.83. The number of hydrazine groups is 1. The van der Waals surface area contributed by atoms with E-state index in [0.717, 1.165) is 0 Å². The fraction of sp³-hybridized carbons (Fsp3) is 0.111. The number of nitrogens with zero attached hydrogens (tertiary/aromatic N) is 2. The van der Waals surface area contributed by atoms with Crippen LogP contribution >= 0.6 is 11.6 Å². The molecular weight excluding hydrogens is 372 g/mol. The van der Waals surface area contributed by atoms with Gasteiger partial charge in [-0.25, -0.2) is 4.68 Å². The Morgan fingerprint density at radius 2 is 1.74 bits per heavy atom. The number of furan rings is 1. The minimum Gasteiger partial charge on any atom is -0.469 e. The van der Waals surface area contributed by atoms with Gasteiger partial charge in [-0.15, -0.1) is 0 Å². The number of hydrogen-bond acceptors (Lipinski definition) is 5. The molecule has 2 N–H and O–H groups in total. The Labute approximate surface area is 158 Å². The number of carbonyl (C=O) groups excluding carboxylic acids is 2. The van der Waals surface area contributed by atoms with Crippen LogP contribution in [0.3, 0.4) is 0 Å². The average Bonchev–Trinajstić information content (AvgIpc) is 3.06. The van der Waals surface area contributed by atoms with Gasteiger partial charge in [-0.05, 0) is 44.2 Å². The van der Waals surface area contributed by atoms with Gasteiger partial charge in [0.2, 0.25) is 5.43 Å². The summed E-state index contributed by atoms with van der Waals surface area (Å²) in [6.07, 6.45) is 1.36. The summed E-state index contributed by atoms with van der Waals surface area (Å²) in [5.74, 6) is -1.00. The Bertz CT molecular complexity index is 1070. The zero-order chi connectivity index (χ0) is 19.6. The van der Waals surface area contributed by atoms with E-state index in [1.807, 2.05) is 0 Å². The number of aromatic nitrogens is 2. The van der Waals surface area contributed by atoms with Crippen LogP contribution in [0.5, 0.6) is 0 Å². The van der Waals surface area contributed by atoms with E-state index in [1.165, 1.54) is 23.1 Å². The van der Waals surface area contributed by atoms with Crippen molar-refractivity contribution in [1.29, 1.82) is 0 Å². The van der Waals surface area contributed by atoms with Gasteiger partial charge in [-0.2, -0.15) is 5.10 Å². The third-order valence-electron chi connectivity index (χ3n) is 3.79. The molecule has 2 heterocycles. The van der Waals surface area contributed by atoms with Crippen LogP contribution in [0.2, 0.25) is 5.02 Å². The van der Waals surface area contributed by atoms with Gasteiger partial charge >= 0.3 is 0 Å². The molecule has 0 atom stereocenters. The number of amides is 2. The lowest BCUT2D eigenvalue weighted by Gasteiger charge is -2.11. The predicted octanol–water partition coefficient (Wildman–Crippen LogP) is 2.17. The van der Waals surface area contributed by atoms with E-state index in [9.17, 15) is 14.4 Å². The summed E-state index contributed by atoms with van der Waals surface area (Å²) in [4.78, 5) is 36.5. The second kappa shape index (κ2) is 7.46. The number of rotatable bonds is 3. The van der Waals surface area contributed by atoms with E-state index in [4.69, 9.17) is 16.0 Å². The summed E-state index contributed by atoms with van der Waals surface area (Å²) in [6.45, 7) is 3.30. The van der Waals surface area contributed by atoms with Crippen molar-refractivity contribution in [2.75, 3.05) is 0 Å². The highest BCUT2D eigenvalue weighted by Crippen LogP contribution is 2.13. The highest BCUT2D eigenvalue weighted by atomic mass is 35.5. The highest BCUT2D eigenvalue weighted by Gasteiger charge is 2.17. The number of benzene rings is 1. The van der Waals surface area contributed by atoms with Crippen LogP contribution in [0.1, 0.15) is 32.3 Å². The maximum Gasteiger partial charge on any atom is 0.294 e. The van der Waals surface area contributed by atoms with Gasteiger partial charge in [-0.3, -0.25) is 25.2 Å². The second-order valence-electron chi connectivity index (χ2n) is 5.69. The van der Waals surface area contributed by atoms with Crippen LogP contribution in [0.4, 0.5) is 0 Å². The molecule has 0 radical (unpaired) electrons. The smallest absolute Gasteiger partial charge is 0.294 e. The van der Waals surface area contributed by atoms with Gasteiger partial charge in [0, 0.05) is 16.8 Å². The standard InChI is InChI=1S/C18H15ClN4O4/c1-10-9-15(24)16(22-23(10)13-5-3-12(19)4-6-13)18(26)21-20-17(25)14-7-8-27-11(14)2/h3-9H,1-2H3,(H,20,25)(H,21,26). The third-order valence-corrected chi connectivity index (χ3v) is 4.04. The summed E-state index contributed by atoms with van der Waals surface area (Å²) >= 11 is 5.88. The summed E-state index contributed by atoms with van der Waals surface area (Å²) in [5.41, 5.74) is 4.92. The maximum absolute atomic E-state index is 12.3. The van der Waals surface area contributed by atoms with Gasteiger partial charge in [-0.1, -0.05) is 11.6 Å². The number of aryl methyl sites for hydroxylation is 2. The molecule has 0 saturated carbocycles. The number of carbonyl (C=O) groups is 2. The normalized spacial score (nSPS) is 10.5. The Kier molecular flexibility index (Phi) is 5.09. The van der Waals surface area contributed by atoms with Crippen molar-refractivity contribution >= 4 is 23.4 Å². The van der Waals surface area contributed by atoms with E-state index in [2.05, 4.69) is 16.0 Å². The van der Waals surface area contributed by atoms with Crippen LogP contribution in [0, 0.1) is 13.8 Å². The first kappa shape index (κ1) is 18.4. The molecule has 0 aliphatic carbocycles. The number of nitrogens with one attached hydrogen (secondary N) is 2. The molecule has 0 unspecified atom stereocenters. The van der Waals surface area contributed by atoms with Gasteiger partial charge in [0.25, 0.3) is 11.8 Å². The van der Waals surface area contributed by atoms with Crippen LogP contribution in [0.15, 0.2) is 51.9 Å². The first-order valence-corrected chi connectivity index (χ1v) is 8.26. The molecule has 138 valence electrons. The molecule has 0 fully saturated rings. The molecule has 8 nitrogen and oxygen atoms in total. The molecule has 2 amide bonds. The summed E-state index contributed by atoms with van der Waals surface area (Å²) in [6, 6.07) is 9.51. The SMILES string of the molecule is Cc1occc1C(=O)NNC(=O)c1nn(-c2ccc(Cl)cc2)c(C)cc1=O. The summed E-state index contributed by atoms with van der Waals surface area (Å²) < 4.78 is 6.47. The van der Waals surface area contributed by atoms with Crippen molar-refractivity contribution < 1.29 is 14.0 Å². The lowest BCUT2D eigenvalue weighted by molar-refractivity contribution is 0.0841. The molecule has 0 bridgehead atoms. The van der Waals surface area contributed by atoms with Crippen molar-refractivity contribution in [3.05, 3.63) is 80.6 Å². The molecule has 0 spiro atoms. The molecule has 0 aliphatic heterocycles. The monoisotopic (exact) mass is 386 g/mol. The quantitative estimate of drug-likeness (QED) is 0.671. The Hall–Kier alpha value is -3.39. The number of halogens is 1. The van der Waals surface area contributed by atoms with Crippen molar-refractivity contribution in [3.8, 4) is 5.69 Å². The molecule has 1 aromatic carbocycles. The van der Waals surface area contributed by atoms with Crippen LogP contribution in [0.25, 0.3) is 5.69 Å². The maximum atomic E-state index is 12.3. The average molecular weight is 387 g/mol. The molecule has 27 heavy (non-hydrogen) atoms. The van der Waals surface area contributed by atoms with E-state index < -0.39 is 17.2 Å². The topological polar surface area (TPSA) is 106 Å². The molecule has 3 rings (SSSR count). The van der Waals surface area contributed by atoms with Crippen molar-refractivity contribution in [1.82, 2.24) is 20.6 Å². The Morgan fingerprint density at radius 3 is 2.37 bits per heavy atom. The molecular formula is C18H15ClN4O4. The van der Waals surface area contributed by atoms with E-state index in [0.29, 0.717) is 22.2 Å². The molecule has 3 aromatic rings. The minimum absolute atomic E-state index is 0.269. The molecule has 9 heteroatoms. The number of hydrogen-bond donors (Lipinski definition) is 2. The summed E-state index contributed by atoms with van der Waals surface area (Å²) in [7, 11) is 0. The zero-order valence-corrected chi connectivity index (χ0v) is 15.2. The first-order chi connectivity index (χ1) is 12.9. The van der Waals surface area contributed by atoms with Crippen molar-refractivity contribution in [3.63, 3.8) is 0 Å². The summed E-state index contributed by atoms with van der Waals surface area (Å²) in [5, 5.41) is 4.66. The van der Waals surface area contributed by atoms with Crippen LogP contribution in [-0.2, 0) is 0 Å². The largest absolute Gasteiger partial charge is 0.469 e. The Morgan fingerprint density at radius 1 is 1.07 bits per heavy atom. The van der Waals surface area contributed by atoms with Gasteiger partial charge in [0.1, 0.15) is 5.76 Å². The zero-order valence-electron chi connectivity index (χ0n) is 14.4. The third kappa shape index (κ3) is 3.90. The van der Waals surface area contributed by atoms with Gasteiger partial charge in [0.05, 0.1) is 17.5 Å². The fourth-order valence-corrected chi connectivity index (χ4v) is 2.53. The van der Waals surface area contributed by atoms with Crippen molar-refractivity contribution in [2.24, 2.45) is 0 Å². The second-order valence-corrected chi connectivity index (χ2v) is 6.12. The van der Waals surface area contributed by atoms with Crippen molar-refractivity contribution in [2.45, 2.75) is 13.8 Å². The van der Waals surface area contributed by atoms with Gasteiger partial charge < -0.3 is 4.42 Å². The van der Waals surface area contributed by atoms with E-state index in [-0.39, 0.29) is 11.3 Å². The first-order valence-electron chi connectivity index (χ1n) is 7.88. The van der Waals surface area contributed by atoms with E-state index >= 15 is 0 Å². The van der Waals surface area contributed by atoms with Crippen LogP contribution in [-0.4, -0.2) is 21.6 Å². The molecule has 0 saturated heterocycles. The van der Waals surface area contributed by atoms with Gasteiger partial charge in [0.15, 0.2) is 5.69 Å². The van der Waals surface area contributed by atoms with Crippen LogP contribution < -0.4 is 16.3 Å². The predicted molar refractivity (Wildman–Crippen MR) is 98.0 cm³/mol. The highest BCUT2D eigenvalue weighted by molar-refractivity contribution is 6.30.